The lowest BCUT2D eigenvalue weighted by molar-refractivity contribution is 0.0938. The molecule has 126 valence electrons. The first kappa shape index (κ1) is 16.1. The third kappa shape index (κ3) is 3.42. The van der Waals surface area contributed by atoms with Crippen molar-refractivity contribution in [3.63, 3.8) is 0 Å². The zero-order valence-corrected chi connectivity index (χ0v) is 13.7. The molecule has 0 bridgehead atoms. The van der Waals surface area contributed by atoms with Crippen LogP contribution in [0, 0.1) is 6.92 Å². The van der Waals surface area contributed by atoms with E-state index in [1.165, 1.54) is 6.07 Å². The van der Waals surface area contributed by atoms with Gasteiger partial charge in [0.25, 0.3) is 11.5 Å². The molecule has 2 heterocycles. The number of nitrogens with one attached hydrogen (secondary N) is 2. The van der Waals surface area contributed by atoms with Crippen LogP contribution in [0.1, 0.15) is 41.0 Å². The normalized spacial score (nSPS) is 14.6. The van der Waals surface area contributed by atoms with Gasteiger partial charge in [0.1, 0.15) is 5.56 Å². The van der Waals surface area contributed by atoms with Crippen molar-refractivity contribution in [1.29, 1.82) is 0 Å². The van der Waals surface area contributed by atoms with E-state index in [0.717, 1.165) is 12.0 Å². The predicted octanol–water partition coefficient (Wildman–Crippen LogP) is 2.34. The lowest BCUT2D eigenvalue weighted by Crippen LogP contribution is -2.31. The van der Waals surface area contributed by atoms with Gasteiger partial charge in [-0.1, -0.05) is 6.07 Å². The number of aromatic amines is 1. The van der Waals surface area contributed by atoms with Crippen LogP contribution in [0.25, 0.3) is 0 Å². The molecule has 1 aromatic heterocycles. The second-order valence-corrected chi connectivity index (χ2v) is 5.84. The molecule has 0 spiro atoms. The number of carbonyl (C=O) groups excluding carboxylic acids is 1. The number of ether oxygens (including phenoxy) is 2. The highest BCUT2D eigenvalue weighted by atomic mass is 16.5. The number of benzene rings is 1. The van der Waals surface area contributed by atoms with Crippen LogP contribution in [-0.4, -0.2) is 24.1 Å². The van der Waals surface area contributed by atoms with E-state index in [0.29, 0.717) is 30.4 Å². The lowest BCUT2D eigenvalue weighted by atomic mass is 10.1. The van der Waals surface area contributed by atoms with Crippen LogP contribution >= 0.6 is 0 Å². The average Bonchev–Trinajstić information content (AvgIpc) is 2.79. The fourth-order valence-corrected chi connectivity index (χ4v) is 2.56. The van der Waals surface area contributed by atoms with Gasteiger partial charge in [-0.25, -0.2) is 0 Å². The summed E-state index contributed by atoms with van der Waals surface area (Å²) in [5.41, 5.74) is 1.31. The zero-order valence-electron chi connectivity index (χ0n) is 13.7. The van der Waals surface area contributed by atoms with Crippen LogP contribution in [0.4, 0.5) is 0 Å². The van der Waals surface area contributed by atoms with E-state index < -0.39 is 11.5 Å². The molecule has 1 amide bonds. The standard InChI is InChI=1S/C18H20N2O4/c1-11-4-6-14(17(21)19-11)18(22)20-12(2)13-5-7-15-16(10-13)24-9-3-8-23-15/h4-7,10,12H,3,8-9H2,1-2H3,(H,19,21)(H,20,22)/t12-/m1/s1. The number of hydrogen-bond acceptors (Lipinski definition) is 4. The molecular weight excluding hydrogens is 308 g/mol. The number of rotatable bonds is 3. The van der Waals surface area contributed by atoms with E-state index >= 15 is 0 Å². The van der Waals surface area contributed by atoms with E-state index in [-0.39, 0.29) is 11.6 Å². The van der Waals surface area contributed by atoms with E-state index in [4.69, 9.17) is 9.47 Å². The molecule has 1 aromatic carbocycles. The molecule has 1 aliphatic rings. The largest absolute Gasteiger partial charge is 0.490 e. The quantitative estimate of drug-likeness (QED) is 0.906. The van der Waals surface area contributed by atoms with Gasteiger partial charge in [-0.3, -0.25) is 9.59 Å². The molecule has 6 nitrogen and oxygen atoms in total. The van der Waals surface area contributed by atoms with Gasteiger partial charge in [0, 0.05) is 12.1 Å². The maximum atomic E-state index is 12.3. The van der Waals surface area contributed by atoms with E-state index in [1.807, 2.05) is 25.1 Å². The third-order valence-corrected chi connectivity index (χ3v) is 3.92. The molecule has 0 saturated carbocycles. The second kappa shape index (κ2) is 6.78. The van der Waals surface area contributed by atoms with Crippen molar-refractivity contribution >= 4 is 5.91 Å². The monoisotopic (exact) mass is 328 g/mol. The maximum Gasteiger partial charge on any atom is 0.260 e. The predicted molar refractivity (Wildman–Crippen MR) is 89.7 cm³/mol. The summed E-state index contributed by atoms with van der Waals surface area (Å²) in [5, 5.41) is 2.84. The molecule has 0 unspecified atom stereocenters. The Morgan fingerprint density at radius 3 is 2.67 bits per heavy atom. The highest BCUT2D eigenvalue weighted by molar-refractivity contribution is 5.94. The number of amides is 1. The Balaban J connectivity index is 1.77. The molecule has 0 aliphatic carbocycles. The number of carbonyl (C=O) groups is 1. The minimum absolute atomic E-state index is 0.0989. The van der Waals surface area contributed by atoms with Crippen LogP contribution in [0.3, 0.4) is 0 Å². The molecule has 0 saturated heterocycles. The number of hydrogen-bond donors (Lipinski definition) is 2. The Labute approximate surface area is 139 Å². The van der Waals surface area contributed by atoms with Crippen molar-refractivity contribution in [3.05, 3.63) is 57.5 Å². The molecule has 3 rings (SSSR count). The lowest BCUT2D eigenvalue weighted by Gasteiger charge is -2.16. The Hall–Kier alpha value is -2.76. The minimum atomic E-state index is -0.407. The number of aryl methyl sites for hydroxylation is 1. The molecule has 2 aromatic rings. The summed E-state index contributed by atoms with van der Waals surface area (Å²) < 4.78 is 11.3. The highest BCUT2D eigenvalue weighted by Crippen LogP contribution is 2.32. The van der Waals surface area contributed by atoms with Crippen LogP contribution in [0.5, 0.6) is 11.5 Å². The molecule has 24 heavy (non-hydrogen) atoms. The number of fused-ring (bicyclic) bond motifs is 1. The van der Waals surface area contributed by atoms with Gasteiger partial charge < -0.3 is 19.8 Å². The summed E-state index contributed by atoms with van der Waals surface area (Å²) in [6.45, 7) is 4.87. The third-order valence-electron chi connectivity index (χ3n) is 3.92. The van der Waals surface area contributed by atoms with Crippen LogP contribution in [-0.2, 0) is 0 Å². The number of H-pyrrole nitrogens is 1. The number of aromatic nitrogens is 1. The molecule has 1 aliphatic heterocycles. The highest BCUT2D eigenvalue weighted by Gasteiger charge is 2.17. The van der Waals surface area contributed by atoms with E-state index in [9.17, 15) is 9.59 Å². The van der Waals surface area contributed by atoms with Gasteiger partial charge in [-0.2, -0.15) is 0 Å². The van der Waals surface area contributed by atoms with Crippen LogP contribution < -0.4 is 20.3 Å². The van der Waals surface area contributed by atoms with Gasteiger partial charge in [-0.15, -0.1) is 0 Å². The second-order valence-electron chi connectivity index (χ2n) is 5.84. The summed E-state index contributed by atoms with van der Waals surface area (Å²) in [5.74, 6) is 0.986. The Bertz CT molecular complexity index is 813. The van der Waals surface area contributed by atoms with Crippen molar-refractivity contribution in [1.82, 2.24) is 10.3 Å². The first-order chi connectivity index (χ1) is 11.5. The first-order valence-corrected chi connectivity index (χ1v) is 7.95. The van der Waals surface area contributed by atoms with Gasteiger partial charge in [0.2, 0.25) is 0 Å². The van der Waals surface area contributed by atoms with Crippen LogP contribution in [0.15, 0.2) is 35.1 Å². The van der Waals surface area contributed by atoms with Crippen LogP contribution in [0.2, 0.25) is 0 Å². The topological polar surface area (TPSA) is 80.4 Å². The molecule has 0 fully saturated rings. The van der Waals surface area contributed by atoms with Crippen molar-refractivity contribution < 1.29 is 14.3 Å². The summed E-state index contributed by atoms with van der Waals surface area (Å²) in [6.07, 6.45) is 0.840. The number of pyridine rings is 1. The molecule has 1 atom stereocenters. The summed E-state index contributed by atoms with van der Waals surface area (Å²) >= 11 is 0. The van der Waals surface area contributed by atoms with Crippen molar-refractivity contribution in [2.24, 2.45) is 0 Å². The molecular formula is C18H20N2O4. The molecule has 6 heteroatoms. The zero-order chi connectivity index (χ0) is 17.1. The van der Waals surface area contributed by atoms with Gasteiger partial charge in [-0.05, 0) is 43.7 Å². The SMILES string of the molecule is Cc1ccc(C(=O)N[C@H](C)c2ccc3c(c2)OCCCO3)c(=O)[nH]1. The maximum absolute atomic E-state index is 12.3. The van der Waals surface area contributed by atoms with Gasteiger partial charge in [0.15, 0.2) is 11.5 Å². The summed E-state index contributed by atoms with van der Waals surface area (Å²) in [4.78, 5) is 26.8. The van der Waals surface area contributed by atoms with E-state index in [2.05, 4.69) is 10.3 Å². The smallest absolute Gasteiger partial charge is 0.260 e. The fraction of sp³-hybridized carbons (Fsp3) is 0.333. The van der Waals surface area contributed by atoms with Crippen molar-refractivity contribution in [2.45, 2.75) is 26.3 Å². The van der Waals surface area contributed by atoms with Crippen molar-refractivity contribution in [2.75, 3.05) is 13.2 Å². The van der Waals surface area contributed by atoms with Crippen molar-refractivity contribution in [3.8, 4) is 11.5 Å². The Kier molecular flexibility index (Phi) is 4.55. The Morgan fingerprint density at radius 2 is 1.92 bits per heavy atom. The molecule has 0 radical (unpaired) electrons. The first-order valence-electron chi connectivity index (χ1n) is 7.95. The molecule has 2 N–H and O–H groups in total. The summed E-state index contributed by atoms with van der Waals surface area (Å²) in [7, 11) is 0. The van der Waals surface area contributed by atoms with Gasteiger partial charge in [0.05, 0.1) is 19.3 Å². The Morgan fingerprint density at radius 1 is 1.17 bits per heavy atom. The fourth-order valence-electron chi connectivity index (χ4n) is 2.56. The van der Waals surface area contributed by atoms with E-state index in [1.54, 1.807) is 13.0 Å². The average molecular weight is 328 g/mol. The van der Waals surface area contributed by atoms with Gasteiger partial charge >= 0.3 is 0 Å². The summed E-state index contributed by atoms with van der Waals surface area (Å²) in [6, 6.07) is 8.56. The minimum Gasteiger partial charge on any atom is -0.490 e.